The van der Waals surface area contributed by atoms with Gasteiger partial charge < -0.3 is 15.0 Å². The van der Waals surface area contributed by atoms with E-state index in [9.17, 15) is 0 Å². The topological polar surface area (TPSA) is 49.9 Å². The number of hydrogen-bond acceptors (Lipinski definition) is 3. The van der Waals surface area contributed by atoms with Crippen LogP contribution in [0, 0.1) is 6.92 Å². The molecule has 0 atom stereocenters. The summed E-state index contributed by atoms with van der Waals surface area (Å²) in [5.41, 5.74) is 3.33. The molecule has 0 radical (unpaired) electrons. The van der Waals surface area contributed by atoms with Gasteiger partial charge in [-0.15, -0.1) is 0 Å². The zero-order valence-corrected chi connectivity index (χ0v) is 9.45. The Hall–Kier alpha value is -1.97. The average molecular weight is 217 g/mol. The molecule has 2 N–H and O–H groups in total. The molecule has 4 heteroatoms. The molecule has 84 valence electrons. The van der Waals surface area contributed by atoms with E-state index in [0.29, 0.717) is 0 Å². The van der Waals surface area contributed by atoms with Crippen molar-refractivity contribution in [3.8, 4) is 5.75 Å². The van der Waals surface area contributed by atoms with Gasteiger partial charge in [-0.2, -0.15) is 0 Å². The molecule has 1 aromatic carbocycles. The van der Waals surface area contributed by atoms with Crippen LogP contribution in [0.4, 0.5) is 5.69 Å². The van der Waals surface area contributed by atoms with Crippen molar-refractivity contribution in [2.45, 2.75) is 13.5 Å². The fourth-order valence-electron chi connectivity index (χ4n) is 1.49. The van der Waals surface area contributed by atoms with E-state index >= 15 is 0 Å². The summed E-state index contributed by atoms with van der Waals surface area (Å²) in [6, 6.07) is 5.98. The Morgan fingerprint density at radius 3 is 3.00 bits per heavy atom. The molecule has 0 aliphatic heterocycles. The Bertz CT molecular complexity index is 451. The van der Waals surface area contributed by atoms with Crippen molar-refractivity contribution < 1.29 is 4.74 Å². The van der Waals surface area contributed by atoms with Crippen molar-refractivity contribution in [2.24, 2.45) is 0 Å². The van der Waals surface area contributed by atoms with Crippen LogP contribution in [-0.4, -0.2) is 17.1 Å². The molecule has 0 saturated heterocycles. The zero-order valence-electron chi connectivity index (χ0n) is 9.45. The Labute approximate surface area is 94.7 Å². The normalized spacial score (nSPS) is 10.1. The number of anilines is 1. The lowest BCUT2D eigenvalue weighted by Gasteiger charge is -2.10. The van der Waals surface area contributed by atoms with Crippen LogP contribution in [0.15, 0.2) is 30.7 Å². The molecule has 0 aliphatic rings. The standard InChI is InChI=1S/C12H15N3O/c1-9-3-4-11(16-2)5-12(9)14-7-10-6-13-8-15-10/h3-6,8,14H,7H2,1-2H3,(H,13,15). The monoisotopic (exact) mass is 217 g/mol. The number of aromatic amines is 1. The number of ether oxygens (including phenoxy) is 1. The first kappa shape index (κ1) is 10.5. The van der Waals surface area contributed by atoms with Gasteiger partial charge in [-0.1, -0.05) is 6.07 Å². The van der Waals surface area contributed by atoms with Gasteiger partial charge in [0.15, 0.2) is 0 Å². The minimum atomic E-state index is 0.730. The van der Waals surface area contributed by atoms with Crippen LogP contribution in [0.3, 0.4) is 0 Å². The molecule has 0 amide bonds. The second kappa shape index (κ2) is 4.70. The number of imidazole rings is 1. The third kappa shape index (κ3) is 2.34. The van der Waals surface area contributed by atoms with Gasteiger partial charge in [0.05, 0.1) is 25.7 Å². The highest BCUT2D eigenvalue weighted by atomic mass is 16.5. The minimum Gasteiger partial charge on any atom is -0.497 e. The van der Waals surface area contributed by atoms with E-state index < -0.39 is 0 Å². The Kier molecular flexibility index (Phi) is 3.10. The van der Waals surface area contributed by atoms with Crippen LogP contribution in [0.2, 0.25) is 0 Å². The van der Waals surface area contributed by atoms with E-state index in [1.807, 2.05) is 24.4 Å². The summed E-state index contributed by atoms with van der Waals surface area (Å²) < 4.78 is 5.19. The molecule has 0 saturated carbocycles. The van der Waals surface area contributed by atoms with Gasteiger partial charge in [-0.25, -0.2) is 4.98 Å². The van der Waals surface area contributed by atoms with Crippen LogP contribution in [0.1, 0.15) is 11.3 Å². The lowest BCUT2D eigenvalue weighted by atomic mass is 10.2. The van der Waals surface area contributed by atoms with Crippen LogP contribution in [0.25, 0.3) is 0 Å². The number of aromatic nitrogens is 2. The highest BCUT2D eigenvalue weighted by Crippen LogP contribution is 2.21. The molecule has 0 unspecified atom stereocenters. The van der Waals surface area contributed by atoms with Gasteiger partial charge in [-0.05, 0) is 18.6 Å². The average Bonchev–Trinajstić information content (AvgIpc) is 2.81. The van der Waals surface area contributed by atoms with E-state index in [1.54, 1.807) is 13.4 Å². The number of aryl methyl sites for hydroxylation is 1. The Balaban J connectivity index is 2.08. The van der Waals surface area contributed by atoms with E-state index in [-0.39, 0.29) is 0 Å². The first-order valence-corrected chi connectivity index (χ1v) is 5.15. The van der Waals surface area contributed by atoms with Crippen molar-refractivity contribution in [1.29, 1.82) is 0 Å². The third-order valence-electron chi connectivity index (χ3n) is 2.47. The van der Waals surface area contributed by atoms with E-state index in [1.165, 1.54) is 5.56 Å². The molecule has 0 fully saturated rings. The number of rotatable bonds is 4. The largest absolute Gasteiger partial charge is 0.497 e. The fourth-order valence-corrected chi connectivity index (χ4v) is 1.49. The van der Waals surface area contributed by atoms with E-state index in [0.717, 1.165) is 23.7 Å². The summed E-state index contributed by atoms with van der Waals surface area (Å²) in [5, 5.41) is 3.34. The van der Waals surface area contributed by atoms with Crippen molar-refractivity contribution in [3.63, 3.8) is 0 Å². The number of hydrogen-bond donors (Lipinski definition) is 2. The fraction of sp³-hybridized carbons (Fsp3) is 0.250. The third-order valence-corrected chi connectivity index (χ3v) is 2.47. The van der Waals surface area contributed by atoms with Gasteiger partial charge in [0.1, 0.15) is 5.75 Å². The molecule has 0 spiro atoms. The highest BCUT2D eigenvalue weighted by Gasteiger charge is 2.01. The number of benzene rings is 1. The molecule has 0 bridgehead atoms. The summed E-state index contributed by atoms with van der Waals surface area (Å²) in [6.07, 6.45) is 3.48. The molecular formula is C12H15N3O. The first-order valence-electron chi connectivity index (χ1n) is 5.15. The zero-order chi connectivity index (χ0) is 11.4. The summed E-state index contributed by atoms with van der Waals surface area (Å²) in [7, 11) is 1.67. The van der Waals surface area contributed by atoms with Crippen molar-refractivity contribution in [2.75, 3.05) is 12.4 Å². The SMILES string of the molecule is COc1ccc(C)c(NCc2cnc[nH]2)c1. The van der Waals surface area contributed by atoms with Gasteiger partial charge in [0.2, 0.25) is 0 Å². The number of nitrogens with zero attached hydrogens (tertiary/aromatic N) is 1. The lowest BCUT2D eigenvalue weighted by Crippen LogP contribution is -2.01. The van der Waals surface area contributed by atoms with E-state index in [4.69, 9.17) is 4.74 Å². The number of H-pyrrole nitrogens is 1. The van der Waals surface area contributed by atoms with Gasteiger partial charge in [0.25, 0.3) is 0 Å². The molecule has 1 aromatic heterocycles. The molecule has 0 aliphatic carbocycles. The number of methoxy groups -OCH3 is 1. The van der Waals surface area contributed by atoms with Gasteiger partial charge in [-0.3, -0.25) is 0 Å². The predicted octanol–water partition coefficient (Wildman–Crippen LogP) is 2.34. The highest BCUT2D eigenvalue weighted by molar-refractivity contribution is 5.54. The first-order chi connectivity index (χ1) is 7.79. The van der Waals surface area contributed by atoms with Gasteiger partial charge in [0, 0.05) is 18.0 Å². The summed E-state index contributed by atoms with van der Waals surface area (Å²) in [5.74, 6) is 0.859. The maximum Gasteiger partial charge on any atom is 0.120 e. The molecular weight excluding hydrogens is 202 g/mol. The van der Waals surface area contributed by atoms with Crippen molar-refractivity contribution in [1.82, 2.24) is 9.97 Å². The van der Waals surface area contributed by atoms with Crippen molar-refractivity contribution >= 4 is 5.69 Å². The maximum absolute atomic E-state index is 5.19. The quantitative estimate of drug-likeness (QED) is 0.826. The lowest BCUT2D eigenvalue weighted by molar-refractivity contribution is 0.415. The van der Waals surface area contributed by atoms with Crippen LogP contribution >= 0.6 is 0 Å². The minimum absolute atomic E-state index is 0.730. The smallest absolute Gasteiger partial charge is 0.120 e. The molecule has 1 heterocycles. The molecule has 2 rings (SSSR count). The number of nitrogens with one attached hydrogen (secondary N) is 2. The molecule has 2 aromatic rings. The van der Waals surface area contributed by atoms with Crippen LogP contribution in [0.5, 0.6) is 5.75 Å². The Morgan fingerprint density at radius 1 is 1.44 bits per heavy atom. The Morgan fingerprint density at radius 2 is 2.31 bits per heavy atom. The van der Waals surface area contributed by atoms with Crippen molar-refractivity contribution in [3.05, 3.63) is 42.0 Å². The maximum atomic E-state index is 5.19. The summed E-state index contributed by atoms with van der Waals surface area (Å²) >= 11 is 0. The second-order valence-corrected chi connectivity index (χ2v) is 3.61. The summed E-state index contributed by atoms with van der Waals surface area (Å²) in [4.78, 5) is 7.02. The molecule has 4 nitrogen and oxygen atoms in total. The second-order valence-electron chi connectivity index (χ2n) is 3.61. The van der Waals surface area contributed by atoms with Crippen LogP contribution < -0.4 is 10.1 Å². The predicted molar refractivity (Wildman–Crippen MR) is 63.6 cm³/mol. The summed E-state index contributed by atoms with van der Waals surface area (Å²) in [6.45, 7) is 2.79. The molecule has 16 heavy (non-hydrogen) atoms. The van der Waals surface area contributed by atoms with E-state index in [2.05, 4.69) is 22.2 Å². The van der Waals surface area contributed by atoms with Gasteiger partial charge >= 0.3 is 0 Å². The van der Waals surface area contributed by atoms with Crippen LogP contribution in [-0.2, 0) is 6.54 Å².